The van der Waals surface area contributed by atoms with Crippen molar-refractivity contribution in [1.82, 2.24) is 4.98 Å². The van der Waals surface area contributed by atoms with Gasteiger partial charge in [0.15, 0.2) is 0 Å². The highest BCUT2D eigenvalue weighted by molar-refractivity contribution is 5.45. The van der Waals surface area contributed by atoms with Gasteiger partial charge in [-0.1, -0.05) is 0 Å². The molecule has 0 bridgehead atoms. The fraction of sp³-hybridized carbons (Fsp3) is 0.615. The van der Waals surface area contributed by atoms with Crippen molar-refractivity contribution in [1.29, 1.82) is 0 Å². The number of aromatic nitrogens is 1. The predicted molar refractivity (Wildman–Crippen MR) is 69.1 cm³/mol. The minimum atomic E-state index is -0.00237. The van der Waals surface area contributed by atoms with Crippen LogP contribution >= 0.6 is 0 Å². The Morgan fingerprint density at radius 3 is 2.65 bits per heavy atom. The van der Waals surface area contributed by atoms with E-state index in [9.17, 15) is 0 Å². The molecule has 2 N–H and O–H groups in total. The van der Waals surface area contributed by atoms with E-state index in [2.05, 4.69) is 23.0 Å². The van der Waals surface area contributed by atoms with E-state index in [0.29, 0.717) is 6.04 Å². The van der Waals surface area contributed by atoms with Gasteiger partial charge in [-0.25, -0.2) is 0 Å². The lowest BCUT2D eigenvalue weighted by Gasteiger charge is -2.32. The molecule has 1 aromatic rings. The van der Waals surface area contributed by atoms with E-state index in [1.807, 2.05) is 19.2 Å². The van der Waals surface area contributed by atoms with Crippen molar-refractivity contribution in [3.63, 3.8) is 0 Å². The smallest absolute Gasteiger partial charge is 0.0569 e. The first-order valence-corrected chi connectivity index (χ1v) is 6.20. The van der Waals surface area contributed by atoms with E-state index in [0.717, 1.165) is 37.4 Å². The summed E-state index contributed by atoms with van der Waals surface area (Å²) in [6.45, 7) is 3.67. The number of hydrogen-bond acceptors (Lipinski definition) is 4. The molecule has 1 saturated heterocycles. The van der Waals surface area contributed by atoms with Crippen LogP contribution in [0, 0.1) is 0 Å². The van der Waals surface area contributed by atoms with Crippen molar-refractivity contribution in [3.05, 3.63) is 24.0 Å². The van der Waals surface area contributed by atoms with Crippen molar-refractivity contribution in [3.8, 4) is 0 Å². The van der Waals surface area contributed by atoms with Gasteiger partial charge in [0.25, 0.3) is 0 Å². The topological polar surface area (TPSA) is 51.4 Å². The van der Waals surface area contributed by atoms with Crippen molar-refractivity contribution in [2.45, 2.75) is 31.8 Å². The number of ether oxygens (including phenoxy) is 1. The first-order valence-electron chi connectivity index (χ1n) is 6.20. The van der Waals surface area contributed by atoms with Crippen LogP contribution in [0.3, 0.4) is 0 Å². The van der Waals surface area contributed by atoms with Crippen LogP contribution in [-0.4, -0.2) is 31.3 Å². The molecule has 1 aromatic heterocycles. The standard InChI is InChI=1S/C13H21N3O/c1-10(14)13-4-3-12(9-15-13)16(2)11-5-7-17-8-6-11/h3-4,9-11H,5-8,14H2,1-2H3/t10-/m1/s1. The summed E-state index contributed by atoms with van der Waals surface area (Å²) in [5.41, 5.74) is 7.88. The van der Waals surface area contributed by atoms with E-state index in [1.54, 1.807) is 0 Å². The maximum Gasteiger partial charge on any atom is 0.0569 e. The van der Waals surface area contributed by atoms with Crippen LogP contribution in [0.5, 0.6) is 0 Å². The third kappa shape index (κ3) is 2.96. The van der Waals surface area contributed by atoms with Crippen LogP contribution in [0.25, 0.3) is 0 Å². The minimum absolute atomic E-state index is 0.00237. The zero-order valence-corrected chi connectivity index (χ0v) is 10.6. The molecule has 1 fully saturated rings. The summed E-state index contributed by atoms with van der Waals surface area (Å²) in [6.07, 6.45) is 4.09. The highest BCUT2D eigenvalue weighted by Gasteiger charge is 2.18. The summed E-state index contributed by atoms with van der Waals surface area (Å²) in [4.78, 5) is 6.69. The van der Waals surface area contributed by atoms with Gasteiger partial charge in [-0.15, -0.1) is 0 Å². The average molecular weight is 235 g/mol. The lowest BCUT2D eigenvalue weighted by Crippen LogP contribution is -2.36. The number of nitrogens with two attached hydrogens (primary N) is 1. The van der Waals surface area contributed by atoms with Gasteiger partial charge in [-0.05, 0) is 31.9 Å². The van der Waals surface area contributed by atoms with Gasteiger partial charge >= 0.3 is 0 Å². The van der Waals surface area contributed by atoms with Gasteiger partial charge in [0, 0.05) is 32.3 Å². The molecule has 0 aliphatic carbocycles. The molecule has 0 amide bonds. The Balaban J connectivity index is 2.05. The van der Waals surface area contributed by atoms with Gasteiger partial charge < -0.3 is 15.4 Å². The summed E-state index contributed by atoms with van der Waals surface area (Å²) in [7, 11) is 2.12. The van der Waals surface area contributed by atoms with Crippen molar-refractivity contribution < 1.29 is 4.74 Å². The van der Waals surface area contributed by atoms with Crippen LogP contribution < -0.4 is 10.6 Å². The Kier molecular flexibility index (Phi) is 3.97. The maximum atomic E-state index is 5.79. The first-order chi connectivity index (χ1) is 8.18. The van der Waals surface area contributed by atoms with Gasteiger partial charge in [-0.2, -0.15) is 0 Å². The number of rotatable bonds is 3. The zero-order chi connectivity index (χ0) is 12.3. The van der Waals surface area contributed by atoms with Gasteiger partial charge in [0.1, 0.15) is 0 Å². The zero-order valence-electron chi connectivity index (χ0n) is 10.6. The highest BCUT2D eigenvalue weighted by Crippen LogP contribution is 2.21. The quantitative estimate of drug-likeness (QED) is 0.866. The summed E-state index contributed by atoms with van der Waals surface area (Å²) in [6, 6.07) is 4.67. The lowest BCUT2D eigenvalue weighted by molar-refractivity contribution is 0.0855. The number of anilines is 1. The minimum Gasteiger partial charge on any atom is -0.381 e. The molecule has 2 heterocycles. The molecule has 0 unspecified atom stereocenters. The Labute approximate surface area is 103 Å². The summed E-state index contributed by atoms with van der Waals surface area (Å²) < 4.78 is 5.38. The second kappa shape index (κ2) is 5.47. The second-order valence-corrected chi connectivity index (χ2v) is 4.68. The van der Waals surface area contributed by atoms with E-state index in [1.165, 1.54) is 0 Å². The van der Waals surface area contributed by atoms with E-state index in [4.69, 9.17) is 10.5 Å². The van der Waals surface area contributed by atoms with Crippen molar-refractivity contribution in [2.24, 2.45) is 5.73 Å². The molecule has 0 saturated carbocycles. The number of nitrogens with zero attached hydrogens (tertiary/aromatic N) is 2. The summed E-state index contributed by atoms with van der Waals surface area (Å²) in [5.74, 6) is 0. The normalized spacial score (nSPS) is 19.0. The molecule has 0 spiro atoms. The Bertz CT molecular complexity index is 344. The average Bonchev–Trinajstić information content (AvgIpc) is 2.39. The molecule has 0 aromatic carbocycles. The highest BCUT2D eigenvalue weighted by atomic mass is 16.5. The van der Waals surface area contributed by atoms with E-state index < -0.39 is 0 Å². The molecule has 1 atom stereocenters. The van der Waals surface area contributed by atoms with Gasteiger partial charge in [0.05, 0.1) is 17.6 Å². The van der Waals surface area contributed by atoms with Gasteiger partial charge in [-0.3, -0.25) is 4.98 Å². The van der Waals surface area contributed by atoms with Crippen LogP contribution in [0.1, 0.15) is 31.5 Å². The largest absolute Gasteiger partial charge is 0.381 e. The molecule has 94 valence electrons. The third-order valence-corrected chi connectivity index (χ3v) is 3.38. The molecule has 0 radical (unpaired) electrons. The Morgan fingerprint density at radius 1 is 1.41 bits per heavy atom. The van der Waals surface area contributed by atoms with Crippen LogP contribution in [0.2, 0.25) is 0 Å². The van der Waals surface area contributed by atoms with Gasteiger partial charge in [0.2, 0.25) is 0 Å². The third-order valence-electron chi connectivity index (χ3n) is 3.38. The molecular weight excluding hydrogens is 214 g/mol. The number of hydrogen-bond donors (Lipinski definition) is 1. The Hall–Kier alpha value is -1.13. The Morgan fingerprint density at radius 2 is 2.12 bits per heavy atom. The molecule has 4 nitrogen and oxygen atoms in total. The van der Waals surface area contributed by atoms with Crippen molar-refractivity contribution >= 4 is 5.69 Å². The SMILES string of the molecule is C[C@@H](N)c1ccc(N(C)C2CCOCC2)cn1. The molecule has 2 rings (SSSR count). The molecule has 17 heavy (non-hydrogen) atoms. The molecular formula is C13H21N3O. The monoisotopic (exact) mass is 235 g/mol. The van der Waals surface area contributed by atoms with Crippen LogP contribution in [0.4, 0.5) is 5.69 Å². The molecule has 4 heteroatoms. The summed E-state index contributed by atoms with van der Waals surface area (Å²) in [5, 5.41) is 0. The maximum absolute atomic E-state index is 5.79. The van der Waals surface area contributed by atoms with E-state index >= 15 is 0 Å². The lowest BCUT2D eigenvalue weighted by atomic mass is 10.1. The fourth-order valence-corrected chi connectivity index (χ4v) is 2.16. The molecule has 1 aliphatic rings. The fourth-order valence-electron chi connectivity index (χ4n) is 2.16. The molecule has 1 aliphatic heterocycles. The van der Waals surface area contributed by atoms with Crippen LogP contribution in [-0.2, 0) is 4.74 Å². The van der Waals surface area contributed by atoms with Crippen molar-refractivity contribution in [2.75, 3.05) is 25.2 Å². The number of pyridine rings is 1. The van der Waals surface area contributed by atoms with E-state index in [-0.39, 0.29) is 6.04 Å². The van der Waals surface area contributed by atoms with Crippen LogP contribution in [0.15, 0.2) is 18.3 Å². The summed E-state index contributed by atoms with van der Waals surface area (Å²) >= 11 is 0. The first kappa shape index (κ1) is 12.3. The predicted octanol–water partition coefficient (Wildman–Crippen LogP) is 1.72. The second-order valence-electron chi connectivity index (χ2n) is 4.68.